The van der Waals surface area contributed by atoms with Crippen LogP contribution in [0.5, 0.6) is 5.75 Å². The van der Waals surface area contributed by atoms with Gasteiger partial charge in [0, 0.05) is 6.42 Å². The first-order chi connectivity index (χ1) is 13.1. The second kappa shape index (κ2) is 7.92. The zero-order valence-electron chi connectivity index (χ0n) is 17.8. The Bertz CT molecular complexity index is 752. The van der Waals surface area contributed by atoms with Crippen molar-refractivity contribution in [3.05, 3.63) is 34.8 Å². The van der Waals surface area contributed by atoms with Crippen molar-refractivity contribution in [2.45, 2.75) is 77.6 Å². The van der Waals surface area contributed by atoms with Crippen LogP contribution in [-0.2, 0) is 25.3 Å². The Morgan fingerprint density at radius 1 is 1.25 bits per heavy atom. The molecule has 0 aliphatic carbocycles. The van der Waals surface area contributed by atoms with E-state index in [0.717, 1.165) is 29.6 Å². The molecular formula is C22H31BO5. The van der Waals surface area contributed by atoms with Crippen molar-refractivity contribution in [2.24, 2.45) is 0 Å². The van der Waals surface area contributed by atoms with Gasteiger partial charge >= 0.3 is 13.1 Å². The van der Waals surface area contributed by atoms with Crippen molar-refractivity contribution < 1.29 is 23.6 Å². The van der Waals surface area contributed by atoms with Gasteiger partial charge in [0.05, 0.1) is 24.4 Å². The number of hydrogen-bond acceptors (Lipinski definition) is 5. The molecule has 0 unspecified atom stereocenters. The normalized spacial score (nSPS) is 23.1. The average Bonchev–Trinajstić information content (AvgIpc) is 2.87. The SMILES string of the molecule is COC(=O)CC[C@H]1CCc2cc(/C=C(\C)B3OC(C)(C)C(C)(C)O3)ccc2O1. The van der Waals surface area contributed by atoms with Gasteiger partial charge in [-0.15, -0.1) is 0 Å². The highest BCUT2D eigenvalue weighted by Gasteiger charge is 2.51. The molecular weight excluding hydrogens is 355 g/mol. The van der Waals surface area contributed by atoms with E-state index in [-0.39, 0.29) is 30.4 Å². The lowest BCUT2D eigenvalue weighted by molar-refractivity contribution is -0.141. The Balaban J connectivity index is 1.66. The Hall–Kier alpha value is -1.79. The first-order valence-corrected chi connectivity index (χ1v) is 10.0. The van der Waals surface area contributed by atoms with Gasteiger partial charge in [-0.1, -0.05) is 12.1 Å². The summed E-state index contributed by atoms with van der Waals surface area (Å²) in [6.45, 7) is 10.3. The minimum Gasteiger partial charge on any atom is -0.490 e. The highest BCUT2D eigenvalue weighted by molar-refractivity contribution is 6.55. The molecule has 1 aromatic carbocycles. The lowest BCUT2D eigenvalue weighted by Gasteiger charge is -2.32. The monoisotopic (exact) mass is 386 g/mol. The molecule has 2 heterocycles. The van der Waals surface area contributed by atoms with E-state index in [1.54, 1.807) is 0 Å². The fourth-order valence-corrected chi connectivity index (χ4v) is 3.50. The van der Waals surface area contributed by atoms with Crippen LogP contribution in [0.4, 0.5) is 0 Å². The fraction of sp³-hybridized carbons (Fsp3) is 0.591. The molecule has 5 nitrogen and oxygen atoms in total. The van der Waals surface area contributed by atoms with Crippen LogP contribution in [-0.4, -0.2) is 37.5 Å². The summed E-state index contributed by atoms with van der Waals surface area (Å²) in [7, 11) is 1.08. The maximum absolute atomic E-state index is 11.3. The summed E-state index contributed by atoms with van der Waals surface area (Å²) in [5.74, 6) is 0.722. The summed E-state index contributed by atoms with van der Waals surface area (Å²) in [6.07, 6.45) is 5.12. The summed E-state index contributed by atoms with van der Waals surface area (Å²) < 4.78 is 23.0. The zero-order valence-corrected chi connectivity index (χ0v) is 17.8. The lowest BCUT2D eigenvalue weighted by Crippen LogP contribution is -2.41. The predicted octanol–water partition coefficient (Wildman–Crippen LogP) is 4.37. The van der Waals surface area contributed by atoms with Crippen LogP contribution in [0.1, 0.15) is 65.0 Å². The molecule has 0 bridgehead atoms. The molecule has 3 rings (SSSR count). The molecule has 2 aliphatic heterocycles. The molecule has 6 heteroatoms. The van der Waals surface area contributed by atoms with Crippen LogP contribution >= 0.6 is 0 Å². The number of carbonyl (C=O) groups is 1. The van der Waals surface area contributed by atoms with E-state index in [0.29, 0.717) is 12.8 Å². The van der Waals surface area contributed by atoms with E-state index in [4.69, 9.17) is 18.8 Å². The van der Waals surface area contributed by atoms with Crippen LogP contribution in [0.2, 0.25) is 0 Å². The number of ether oxygens (including phenoxy) is 2. The van der Waals surface area contributed by atoms with Crippen LogP contribution in [0.15, 0.2) is 23.7 Å². The minimum absolute atomic E-state index is 0.0690. The van der Waals surface area contributed by atoms with Gasteiger partial charge in [0.25, 0.3) is 0 Å². The fourth-order valence-electron chi connectivity index (χ4n) is 3.50. The van der Waals surface area contributed by atoms with Gasteiger partial charge < -0.3 is 18.8 Å². The minimum atomic E-state index is -0.338. The van der Waals surface area contributed by atoms with E-state index in [2.05, 4.69) is 45.9 Å². The molecule has 1 saturated heterocycles. The molecule has 0 spiro atoms. The van der Waals surface area contributed by atoms with Crippen molar-refractivity contribution in [1.29, 1.82) is 0 Å². The molecule has 1 atom stereocenters. The van der Waals surface area contributed by atoms with Crippen molar-refractivity contribution in [3.8, 4) is 5.75 Å². The Kier molecular flexibility index (Phi) is 5.92. The summed E-state index contributed by atoms with van der Waals surface area (Å²) in [6, 6.07) is 6.24. The molecule has 0 radical (unpaired) electrons. The van der Waals surface area contributed by atoms with Crippen LogP contribution in [0, 0.1) is 0 Å². The van der Waals surface area contributed by atoms with Crippen LogP contribution in [0.25, 0.3) is 6.08 Å². The molecule has 1 fully saturated rings. The Labute approximate surface area is 168 Å². The van der Waals surface area contributed by atoms with Gasteiger partial charge in [-0.3, -0.25) is 4.79 Å². The van der Waals surface area contributed by atoms with E-state index in [1.165, 1.54) is 12.7 Å². The summed E-state index contributed by atoms with van der Waals surface area (Å²) in [4.78, 5) is 11.3. The van der Waals surface area contributed by atoms with Crippen LogP contribution < -0.4 is 4.74 Å². The van der Waals surface area contributed by atoms with E-state index in [9.17, 15) is 4.79 Å². The first kappa shape index (κ1) is 20.9. The highest BCUT2D eigenvalue weighted by atomic mass is 16.7. The molecule has 2 aliphatic rings. The van der Waals surface area contributed by atoms with Gasteiger partial charge in [0.15, 0.2) is 0 Å². The molecule has 0 aromatic heterocycles. The van der Waals surface area contributed by atoms with Crippen molar-refractivity contribution in [3.63, 3.8) is 0 Å². The van der Waals surface area contributed by atoms with Crippen molar-refractivity contribution in [1.82, 2.24) is 0 Å². The average molecular weight is 386 g/mol. The van der Waals surface area contributed by atoms with Crippen molar-refractivity contribution in [2.75, 3.05) is 7.11 Å². The van der Waals surface area contributed by atoms with E-state index in [1.807, 2.05) is 13.0 Å². The largest absolute Gasteiger partial charge is 0.490 e. The molecule has 0 N–H and O–H groups in total. The second-order valence-corrected chi connectivity index (χ2v) is 8.74. The van der Waals surface area contributed by atoms with Gasteiger partial charge in [0.2, 0.25) is 0 Å². The van der Waals surface area contributed by atoms with Crippen molar-refractivity contribution >= 4 is 19.2 Å². The Morgan fingerprint density at radius 3 is 2.57 bits per heavy atom. The number of methoxy groups -OCH3 is 1. The molecule has 152 valence electrons. The quantitative estimate of drug-likeness (QED) is 0.556. The smallest absolute Gasteiger partial charge is 0.490 e. The van der Waals surface area contributed by atoms with Gasteiger partial charge in [-0.05, 0) is 82.6 Å². The first-order valence-electron chi connectivity index (χ1n) is 10.0. The Morgan fingerprint density at radius 2 is 1.93 bits per heavy atom. The number of allylic oxidation sites excluding steroid dienone is 1. The highest BCUT2D eigenvalue weighted by Crippen LogP contribution is 2.39. The number of esters is 1. The number of carbonyl (C=O) groups excluding carboxylic acids is 1. The maximum atomic E-state index is 11.3. The predicted molar refractivity (Wildman–Crippen MR) is 110 cm³/mol. The van der Waals surface area contributed by atoms with Gasteiger partial charge in [-0.25, -0.2) is 0 Å². The maximum Gasteiger partial charge on any atom is 0.490 e. The number of aryl methyl sites for hydroxylation is 1. The lowest BCUT2D eigenvalue weighted by atomic mass is 9.78. The third-order valence-corrected chi connectivity index (χ3v) is 6.03. The van der Waals surface area contributed by atoms with Gasteiger partial charge in [-0.2, -0.15) is 0 Å². The van der Waals surface area contributed by atoms with Crippen LogP contribution in [0.3, 0.4) is 0 Å². The zero-order chi connectivity index (χ0) is 20.5. The molecule has 0 amide bonds. The number of rotatable bonds is 5. The third kappa shape index (κ3) is 4.44. The second-order valence-electron chi connectivity index (χ2n) is 8.74. The van der Waals surface area contributed by atoms with E-state index < -0.39 is 0 Å². The molecule has 28 heavy (non-hydrogen) atoms. The number of hydrogen-bond donors (Lipinski definition) is 0. The topological polar surface area (TPSA) is 54.0 Å². The molecule has 0 saturated carbocycles. The number of benzene rings is 1. The number of fused-ring (bicyclic) bond motifs is 1. The third-order valence-electron chi connectivity index (χ3n) is 6.03. The van der Waals surface area contributed by atoms with Gasteiger partial charge in [0.1, 0.15) is 5.75 Å². The summed E-state index contributed by atoms with van der Waals surface area (Å²) >= 11 is 0. The summed E-state index contributed by atoms with van der Waals surface area (Å²) in [5.41, 5.74) is 2.68. The summed E-state index contributed by atoms with van der Waals surface area (Å²) in [5, 5.41) is 0. The molecule has 1 aromatic rings. The van der Waals surface area contributed by atoms with E-state index >= 15 is 0 Å². The standard InChI is InChI=1S/C22H31BO5/c1-15(23-27-21(2,3)22(4,5)28-23)13-16-7-11-19-17(14-16)8-9-18(26-19)10-12-20(24)25-6/h7,11,13-14,18H,8-10,12H2,1-6H3/b15-13+/t18-/m1/s1.